The summed E-state index contributed by atoms with van der Waals surface area (Å²) in [6.45, 7) is 6.67. The molecule has 4 atom stereocenters. The Morgan fingerprint density at radius 2 is 1.75 bits per heavy atom. The van der Waals surface area contributed by atoms with Crippen LogP contribution in [0.15, 0.2) is 43.0 Å². The summed E-state index contributed by atoms with van der Waals surface area (Å²) in [5.41, 5.74) is 0.684. The van der Waals surface area contributed by atoms with Crippen molar-refractivity contribution in [1.82, 2.24) is 10.6 Å². The Labute approximate surface area is 142 Å². The molecule has 0 aromatic heterocycles. The molecule has 6 heteroatoms. The molecule has 1 rings (SSSR count). The van der Waals surface area contributed by atoms with Gasteiger partial charge in [-0.25, -0.2) is 0 Å². The van der Waals surface area contributed by atoms with E-state index in [1.165, 1.54) is 6.08 Å². The first kappa shape index (κ1) is 19.9. The molecule has 0 aliphatic carbocycles. The molecule has 1 aromatic rings. The van der Waals surface area contributed by atoms with Gasteiger partial charge in [0, 0.05) is 6.04 Å². The van der Waals surface area contributed by atoms with Gasteiger partial charge in [0.15, 0.2) is 0 Å². The number of allylic oxidation sites excluding steroid dienone is 1. The van der Waals surface area contributed by atoms with Crippen LogP contribution in [0.5, 0.6) is 0 Å². The number of carbonyl (C=O) groups is 2. The average Bonchev–Trinajstić information content (AvgIpc) is 2.59. The minimum absolute atomic E-state index is 0.171. The third-order valence-electron chi connectivity index (χ3n) is 3.68. The van der Waals surface area contributed by atoms with Crippen LogP contribution in [0.25, 0.3) is 0 Å². The highest BCUT2D eigenvalue weighted by Gasteiger charge is 2.28. The lowest BCUT2D eigenvalue weighted by Crippen LogP contribution is -2.48. The lowest BCUT2D eigenvalue weighted by molar-refractivity contribution is -0.136. The molecule has 0 fully saturated rings. The first-order valence-electron chi connectivity index (χ1n) is 7.96. The Balaban J connectivity index is 2.73. The number of hydrogen-bond donors (Lipinski definition) is 4. The van der Waals surface area contributed by atoms with Gasteiger partial charge < -0.3 is 20.8 Å². The number of benzene rings is 1. The van der Waals surface area contributed by atoms with E-state index in [2.05, 4.69) is 17.2 Å². The van der Waals surface area contributed by atoms with Crippen molar-refractivity contribution < 1.29 is 19.8 Å². The molecule has 0 bridgehead atoms. The van der Waals surface area contributed by atoms with Crippen LogP contribution in [-0.4, -0.2) is 40.7 Å². The van der Waals surface area contributed by atoms with Crippen LogP contribution in [0.3, 0.4) is 0 Å². The molecule has 0 saturated carbocycles. The van der Waals surface area contributed by atoms with Gasteiger partial charge in [-0.2, -0.15) is 0 Å². The highest BCUT2D eigenvalue weighted by molar-refractivity contribution is 6.00. The fourth-order valence-corrected chi connectivity index (χ4v) is 2.23. The predicted octanol–water partition coefficient (Wildman–Crippen LogP) is 0.914. The molecule has 0 aliphatic heterocycles. The summed E-state index contributed by atoms with van der Waals surface area (Å²) in [5, 5.41) is 24.6. The SMILES string of the molecule is C=CCC(C(=O)N[C@@H](C)CO)C(=O)N[C@H](C)[C@@H](O)c1ccccc1. The van der Waals surface area contributed by atoms with Gasteiger partial charge in [0.2, 0.25) is 11.8 Å². The molecule has 0 aliphatic rings. The fourth-order valence-electron chi connectivity index (χ4n) is 2.23. The Hall–Kier alpha value is -2.18. The molecule has 0 radical (unpaired) electrons. The van der Waals surface area contributed by atoms with E-state index in [-0.39, 0.29) is 13.0 Å². The molecule has 4 N–H and O–H groups in total. The maximum Gasteiger partial charge on any atom is 0.233 e. The van der Waals surface area contributed by atoms with Gasteiger partial charge in [0.05, 0.1) is 18.8 Å². The van der Waals surface area contributed by atoms with E-state index in [0.29, 0.717) is 5.56 Å². The summed E-state index contributed by atoms with van der Waals surface area (Å²) in [4.78, 5) is 24.6. The van der Waals surface area contributed by atoms with Gasteiger partial charge in [0.1, 0.15) is 5.92 Å². The van der Waals surface area contributed by atoms with Crippen molar-refractivity contribution >= 4 is 11.8 Å². The van der Waals surface area contributed by atoms with Crippen LogP contribution in [0, 0.1) is 5.92 Å². The second kappa shape index (κ2) is 9.85. The van der Waals surface area contributed by atoms with Crippen molar-refractivity contribution in [2.45, 2.75) is 38.5 Å². The quantitative estimate of drug-likeness (QED) is 0.398. The smallest absolute Gasteiger partial charge is 0.233 e. The third kappa shape index (κ3) is 5.79. The lowest BCUT2D eigenvalue weighted by atomic mass is 10.00. The first-order chi connectivity index (χ1) is 11.4. The van der Waals surface area contributed by atoms with Crippen molar-refractivity contribution in [1.29, 1.82) is 0 Å². The predicted molar refractivity (Wildman–Crippen MR) is 92.0 cm³/mol. The van der Waals surface area contributed by atoms with E-state index in [1.807, 2.05) is 6.07 Å². The van der Waals surface area contributed by atoms with E-state index in [4.69, 9.17) is 5.11 Å². The zero-order valence-electron chi connectivity index (χ0n) is 14.1. The van der Waals surface area contributed by atoms with E-state index in [0.717, 1.165) is 0 Å². The van der Waals surface area contributed by atoms with Crippen LogP contribution in [-0.2, 0) is 9.59 Å². The Bertz CT molecular complexity index is 547. The molecule has 2 amide bonds. The highest BCUT2D eigenvalue weighted by atomic mass is 16.3. The average molecular weight is 334 g/mol. The Morgan fingerprint density at radius 3 is 2.29 bits per heavy atom. The topological polar surface area (TPSA) is 98.7 Å². The van der Waals surface area contributed by atoms with Crippen LogP contribution in [0.1, 0.15) is 31.9 Å². The largest absolute Gasteiger partial charge is 0.394 e. The van der Waals surface area contributed by atoms with Gasteiger partial charge in [0.25, 0.3) is 0 Å². The second-order valence-electron chi connectivity index (χ2n) is 5.82. The van der Waals surface area contributed by atoms with Crippen LogP contribution in [0.2, 0.25) is 0 Å². The maximum atomic E-state index is 12.4. The zero-order valence-corrected chi connectivity index (χ0v) is 14.1. The molecule has 0 saturated heterocycles. The number of nitrogens with one attached hydrogen (secondary N) is 2. The summed E-state index contributed by atoms with van der Waals surface area (Å²) in [7, 11) is 0. The molecule has 1 aromatic carbocycles. The normalized spacial score (nSPS) is 15.7. The number of rotatable bonds is 9. The third-order valence-corrected chi connectivity index (χ3v) is 3.68. The second-order valence-corrected chi connectivity index (χ2v) is 5.82. The number of aliphatic hydroxyl groups excluding tert-OH is 2. The standard InChI is InChI=1S/C18H26N2O4/c1-4-8-15(17(23)19-12(2)11-21)18(24)20-13(3)16(22)14-9-6-5-7-10-14/h4-7,9-10,12-13,15-16,21-22H,1,8,11H2,2-3H3,(H,19,23)(H,20,24)/t12-,13+,15?,16+/m0/s1. The van der Waals surface area contributed by atoms with Gasteiger partial charge >= 0.3 is 0 Å². The number of aliphatic hydroxyl groups is 2. The summed E-state index contributed by atoms with van der Waals surface area (Å²) >= 11 is 0. The zero-order chi connectivity index (χ0) is 18.1. The van der Waals surface area contributed by atoms with E-state index in [9.17, 15) is 14.7 Å². The number of hydrogen-bond acceptors (Lipinski definition) is 4. The van der Waals surface area contributed by atoms with E-state index in [1.54, 1.807) is 38.1 Å². The van der Waals surface area contributed by atoms with Gasteiger partial charge in [-0.1, -0.05) is 36.4 Å². The molecule has 24 heavy (non-hydrogen) atoms. The summed E-state index contributed by atoms with van der Waals surface area (Å²) in [6.07, 6.45) is 0.786. The first-order valence-corrected chi connectivity index (χ1v) is 7.96. The van der Waals surface area contributed by atoms with Crippen molar-refractivity contribution in [3.05, 3.63) is 48.6 Å². The summed E-state index contributed by atoms with van der Waals surface area (Å²) in [5.74, 6) is -1.92. The number of carbonyl (C=O) groups excluding carboxylic acids is 2. The Morgan fingerprint density at radius 1 is 1.17 bits per heavy atom. The number of amides is 2. The molecule has 6 nitrogen and oxygen atoms in total. The lowest BCUT2D eigenvalue weighted by Gasteiger charge is -2.24. The molecule has 132 valence electrons. The minimum atomic E-state index is -0.957. The fraction of sp³-hybridized carbons (Fsp3) is 0.444. The molecule has 0 spiro atoms. The maximum absolute atomic E-state index is 12.4. The molecule has 1 unspecified atom stereocenters. The van der Waals surface area contributed by atoms with Crippen molar-refractivity contribution in [2.75, 3.05) is 6.61 Å². The van der Waals surface area contributed by atoms with Crippen molar-refractivity contribution in [2.24, 2.45) is 5.92 Å². The van der Waals surface area contributed by atoms with Crippen molar-refractivity contribution in [3.63, 3.8) is 0 Å². The summed E-state index contributed by atoms with van der Waals surface area (Å²) < 4.78 is 0. The highest BCUT2D eigenvalue weighted by Crippen LogP contribution is 2.17. The van der Waals surface area contributed by atoms with Gasteiger partial charge in [-0.05, 0) is 25.8 Å². The molecule has 0 heterocycles. The Kier molecular flexibility index (Phi) is 8.15. The molecular formula is C18H26N2O4. The van der Waals surface area contributed by atoms with Crippen molar-refractivity contribution in [3.8, 4) is 0 Å². The van der Waals surface area contributed by atoms with Crippen LogP contribution in [0.4, 0.5) is 0 Å². The van der Waals surface area contributed by atoms with Crippen LogP contribution >= 0.6 is 0 Å². The van der Waals surface area contributed by atoms with E-state index < -0.39 is 35.9 Å². The van der Waals surface area contributed by atoms with Gasteiger partial charge in [-0.3, -0.25) is 9.59 Å². The molecular weight excluding hydrogens is 308 g/mol. The van der Waals surface area contributed by atoms with Gasteiger partial charge in [-0.15, -0.1) is 6.58 Å². The monoisotopic (exact) mass is 334 g/mol. The van der Waals surface area contributed by atoms with Crippen LogP contribution < -0.4 is 10.6 Å². The summed E-state index contributed by atoms with van der Waals surface area (Å²) in [6, 6.07) is 7.98. The van der Waals surface area contributed by atoms with E-state index >= 15 is 0 Å². The minimum Gasteiger partial charge on any atom is -0.394 e.